The van der Waals surface area contributed by atoms with E-state index >= 15 is 0 Å². The number of hydrogen-bond acceptors (Lipinski definition) is 3. The highest BCUT2D eigenvalue weighted by atomic mass is 14.8. The number of nitrogens with zero attached hydrogens (tertiary/aromatic N) is 2. The van der Waals surface area contributed by atoms with Crippen molar-refractivity contribution in [3.63, 3.8) is 0 Å². The summed E-state index contributed by atoms with van der Waals surface area (Å²) in [4.78, 5) is 8.18. The molecule has 58 valence electrons. The van der Waals surface area contributed by atoms with Gasteiger partial charge in [0.05, 0.1) is 0 Å². The average Bonchev–Trinajstić information content (AvgIpc) is 2.47. The van der Waals surface area contributed by atoms with Gasteiger partial charge in [0, 0.05) is 11.9 Å². The van der Waals surface area contributed by atoms with Gasteiger partial charge in [-0.05, 0) is 30.9 Å². The van der Waals surface area contributed by atoms with Gasteiger partial charge in [-0.15, -0.1) is 0 Å². The van der Waals surface area contributed by atoms with Crippen molar-refractivity contribution in [3.8, 4) is 0 Å². The van der Waals surface area contributed by atoms with Crippen LogP contribution in [0.2, 0.25) is 0 Å². The Balaban J connectivity index is 2.39. The van der Waals surface area contributed by atoms with Crippen molar-refractivity contribution in [1.29, 1.82) is 0 Å². The van der Waals surface area contributed by atoms with Crippen LogP contribution in [-0.4, -0.2) is 16.5 Å². The molecule has 0 amide bonds. The molecule has 0 aromatic carbocycles. The monoisotopic (exact) mass is 149 g/mol. The Morgan fingerprint density at radius 2 is 2.55 bits per heavy atom. The molecular formula is C8H11N3. The van der Waals surface area contributed by atoms with E-state index in [-0.39, 0.29) is 0 Å². The van der Waals surface area contributed by atoms with Crippen LogP contribution in [0.5, 0.6) is 0 Å². The summed E-state index contributed by atoms with van der Waals surface area (Å²) >= 11 is 0. The molecule has 2 rings (SSSR count). The van der Waals surface area contributed by atoms with Crippen molar-refractivity contribution < 1.29 is 0 Å². The molecule has 1 atom stereocenters. The van der Waals surface area contributed by atoms with Crippen LogP contribution in [0.15, 0.2) is 12.5 Å². The van der Waals surface area contributed by atoms with Crippen molar-refractivity contribution in [1.82, 2.24) is 9.97 Å². The van der Waals surface area contributed by atoms with Crippen LogP contribution >= 0.6 is 0 Å². The van der Waals surface area contributed by atoms with E-state index in [0.717, 1.165) is 19.4 Å². The molecule has 1 aliphatic carbocycles. The Kier molecular flexibility index (Phi) is 1.58. The summed E-state index contributed by atoms with van der Waals surface area (Å²) in [6, 6.07) is 0. The Morgan fingerprint density at radius 1 is 1.64 bits per heavy atom. The summed E-state index contributed by atoms with van der Waals surface area (Å²) in [6.07, 6.45) is 5.72. The minimum Gasteiger partial charge on any atom is -0.330 e. The number of hydrogen-bond donors (Lipinski definition) is 1. The van der Waals surface area contributed by atoms with Gasteiger partial charge in [0.15, 0.2) is 0 Å². The van der Waals surface area contributed by atoms with E-state index < -0.39 is 0 Å². The summed E-state index contributed by atoms with van der Waals surface area (Å²) in [7, 11) is 0. The normalized spacial score (nSPS) is 21.7. The first-order valence-electron chi connectivity index (χ1n) is 3.90. The van der Waals surface area contributed by atoms with Gasteiger partial charge in [0.1, 0.15) is 6.33 Å². The lowest BCUT2D eigenvalue weighted by molar-refractivity contribution is 0.686. The molecule has 1 aromatic heterocycles. The molecule has 0 saturated heterocycles. The van der Waals surface area contributed by atoms with Crippen LogP contribution in [0.3, 0.4) is 0 Å². The van der Waals surface area contributed by atoms with Crippen molar-refractivity contribution in [2.24, 2.45) is 5.73 Å². The van der Waals surface area contributed by atoms with Gasteiger partial charge in [-0.1, -0.05) is 0 Å². The quantitative estimate of drug-likeness (QED) is 0.631. The van der Waals surface area contributed by atoms with Crippen LogP contribution in [0, 0.1) is 0 Å². The maximum Gasteiger partial charge on any atom is 0.115 e. The lowest BCUT2D eigenvalue weighted by atomic mass is 10.1. The lowest BCUT2D eigenvalue weighted by Gasteiger charge is -2.04. The number of aromatic nitrogens is 2. The molecule has 0 radical (unpaired) electrons. The maximum atomic E-state index is 5.59. The van der Waals surface area contributed by atoms with Gasteiger partial charge in [0.2, 0.25) is 0 Å². The van der Waals surface area contributed by atoms with Crippen molar-refractivity contribution in [3.05, 3.63) is 23.8 Å². The molecule has 11 heavy (non-hydrogen) atoms. The SMILES string of the molecule is NCC1CCc2ncncc21. The predicted molar refractivity (Wildman–Crippen MR) is 42.1 cm³/mol. The molecule has 0 bridgehead atoms. The third kappa shape index (κ3) is 1.01. The fraction of sp³-hybridized carbons (Fsp3) is 0.500. The summed E-state index contributed by atoms with van der Waals surface area (Å²) < 4.78 is 0. The standard InChI is InChI=1S/C8H11N3/c9-3-6-1-2-8-7(6)4-10-5-11-8/h4-6H,1-3,9H2. The molecular weight excluding hydrogens is 138 g/mol. The third-order valence-corrected chi connectivity index (χ3v) is 2.28. The number of nitrogens with two attached hydrogens (primary N) is 1. The summed E-state index contributed by atoms with van der Waals surface area (Å²) in [5, 5.41) is 0. The van der Waals surface area contributed by atoms with Crippen LogP contribution in [0.25, 0.3) is 0 Å². The molecule has 0 aliphatic heterocycles. The van der Waals surface area contributed by atoms with E-state index in [1.54, 1.807) is 6.33 Å². The molecule has 3 heteroatoms. The minimum atomic E-state index is 0.506. The Hall–Kier alpha value is -0.960. The molecule has 1 aromatic rings. The van der Waals surface area contributed by atoms with E-state index in [1.165, 1.54) is 11.3 Å². The van der Waals surface area contributed by atoms with Crippen molar-refractivity contribution >= 4 is 0 Å². The fourth-order valence-corrected chi connectivity index (χ4v) is 1.63. The molecule has 1 heterocycles. The van der Waals surface area contributed by atoms with Gasteiger partial charge in [-0.3, -0.25) is 0 Å². The second-order valence-corrected chi connectivity index (χ2v) is 2.90. The van der Waals surface area contributed by atoms with E-state index in [9.17, 15) is 0 Å². The lowest BCUT2D eigenvalue weighted by Crippen LogP contribution is -2.09. The first-order chi connectivity index (χ1) is 5.42. The third-order valence-electron chi connectivity index (χ3n) is 2.28. The summed E-state index contributed by atoms with van der Waals surface area (Å²) in [6.45, 7) is 0.723. The minimum absolute atomic E-state index is 0.506. The van der Waals surface area contributed by atoms with Crippen LogP contribution in [-0.2, 0) is 6.42 Å². The number of aryl methyl sites for hydroxylation is 1. The number of fused-ring (bicyclic) bond motifs is 1. The first kappa shape index (κ1) is 6.73. The van der Waals surface area contributed by atoms with Gasteiger partial charge < -0.3 is 5.73 Å². The smallest absolute Gasteiger partial charge is 0.115 e. The molecule has 0 spiro atoms. The zero-order chi connectivity index (χ0) is 7.68. The van der Waals surface area contributed by atoms with E-state index in [1.807, 2.05) is 6.20 Å². The Morgan fingerprint density at radius 3 is 3.36 bits per heavy atom. The van der Waals surface area contributed by atoms with Crippen molar-refractivity contribution in [2.45, 2.75) is 18.8 Å². The van der Waals surface area contributed by atoms with Gasteiger partial charge in [-0.2, -0.15) is 0 Å². The van der Waals surface area contributed by atoms with E-state index in [0.29, 0.717) is 5.92 Å². The maximum absolute atomic E-state index is 5.59. The first-order valence-corrected chi connectivity index (χ1v) is 3.90. The predicted octanol–water partition coefficient (Wildman–Crippen LogP) is 0.465. The van der Waals surface area contributed by atoms with E-state index in [2.05, 4.69) is 9.97 Å². The molecule has 2 N–H and O–H groups in total. The number of rotatable bonds is 1. The Labute approximate surface area is 65.7 Å². The molecule has 0 fully saturated rings. The zero-order valence-corrected chi connectivity index (χ0v) is 6.33. The second kappa shape index (κ2) is 2.58. The fourth-order valence-electron chi connectivity index (χ4n) is 1.63. The highest BCUT2D eigenvalue weighted by Gasteiger charge is 2.21. The van der Waals surface area contributed by atoms with Crippen LogP contribution < -0.4 is 5.73 Å². The van der Waals surface area contributed by atoms with Crippen molar-refractivity contribution in [2.75, 3.05) is 6.54 Å². The summed E-state index contributed by atoms with van der Waals surface area (Å²) in [5.74, 6) is 0.506. The highest BCUT2D eigenvalue weighted by Crippen LogP contribution is 2.29. The molecule has 1 unspecified atom stereocenters. The topological polar surface area (TPSA) is 51.8 Å². The van der Waals surface area contributed by atoms with Gasteiger partial charge >= 0.3 is 0 Å². The highest BCUT2D eigenvalue weighted by molar-refractivity contribution is 5.26. The van der Waals surface area contributed by atoms with Gasteiger partial charge in [-0.25, -0.2) is 9.97 Å². The summed E-state index contributed by atoms with van der Waals surface area (Å²) in [5.41, 5.74) is 8.04. The average molecular weight is 149 g/mol. The second-order valence-electron chi connectivity index (χ2n) is 2.90. The largest absolute Gasteiger partial charge is 0.330 e. The Bertz CT molecular complexity index is 259. The van der Waals surface area contributed by atoms with Gasteiger partial charge in [0.25, 0.3) is 0 Å². The zero-order valence-electron chi connectivity index (χ0n) is 6.33. The van der Waals surface area contributed by atoms with E-state index in [4.69, 9.17) is 5.73 Å². The molecule has 0 saturated carbocycles. The molecule has 1 aliphatic rings. The molecule has 3 nitrogen and oxygen atoms in total. The van der Waals surface area contributed by atoms with Crippen LogP contribution in [0.1, 0.15) is 23.6 Å². The van der Waals surface area contributed by atoms with Crippen LogP contribution in [0.4, 0.5) is 0 Å².